The van der Waals surface area contributed by atoms with Crippen molar-refractivity contribution in [3.63, 3.8) is 0 Å². The lowest BCUT2D eigenvalue weighted by atomic mass is 9.98. The molecule has 27 heavy (non-hydrogen) atoms. The summed E-state index contributed by atoms with van der Waals surface area (Å²) in [6.07, 6.45) is -3.72. The van der Waals surface area contributed by atoms with E-state index in [4.69, 9.17) is 4.74 Å². The van der Waals surface area contributed by atoms with Crippen molar-refractivity contribution in [1.29, 1.82) is 0 Å². The maximum Gasteiger partial charge on any atom is 0.416 e. The lowest BCUT2D eigenvalue weighted by Gasteiger charge is -2.35. The Bertz CT molecular complexity index is 744. The van der Waals surface area contributed by atoms with Gasteiger partial charge in [0, 0.05) is 20.2 Å². The van der Waals surface area contributed by atoms with Gasteiger partial charge in [-0.1, -0.05) is 12.1 Å². The predicted octanol–water partition coefficient (Wildman–Crippen LogP) is 1.88. The maximum atomic E-state index is 13.2. The van der Waals surface area contributed by atoms with Gasteiger partial charge in [-0.25, -0.2) is 4.68 Å². The number of nitrogens with zero attached hydrogens (tertiary/aromatic N) is 5. The maximum absolute atomic E-state index is 13.2. The Morgan fingerprint density at radius 2 is 2.04 bits per heavy atom. The van der Waals surface area contributed by atoms with Crippen molar-refractivity contribution < 1.29 is 23.0 Å². The number of aromatic nitrogens is 4. The smallest absolute Gasteiger partial charge is 0.393 e. The second-order valence-corrected chi connectivity index (χ2v) is 6.55. The van der Waals surface area contributed by atoms with Gasteiger partial charge < -0.3 is 9.84 Å². The van der Waals surface area contributed by atoms with E-state index in [-0.39, 0.29) is 0 Å². The average Bonchev–Trinajstić information content (AvgIpc) is 3.09. The predicted molar refractivity (Wildman–Crippen MR) is 89.8 cm³/mol. The van der Waals surface area contributed by atoms with Crippen LogP contribution in [0.2, 0.25) is 0 Å². The highest BCUT2D eigenvalue weighted by molar-refractivity contribution is 5.31. The lowest BCUT2D eigenvalue weighted by Crippen LogP contribution is -2.40. The number of hydrogen-bond acceptors (Lipinski definition) is 6. The molecule has 1 aliphatic rings. The molecule has 0 spiro atoms. The van der Waals surface area contributed by atoms with Gasteiger partial charge in [0.15, 0.2) is 5.82 Å². The number of benzene rings is 1. The summed E-state index contributed by atoms with van der Waals surface area (Å²) in [5.41, 5.74) is -0.243. The van der Waals surface area contributed by atoms with E-state index in [0.717, 1.165) is 12.1 Å². The number of ether oxygens (including phenoxy) is 1. The molecule has 148 valence electrons. The van der Waals surface area contributed by atoms with Gasteiger partial charge in [0.2, 0.25) is 0 Å². The molecule has 1 fully saturated rings. The van der Waals surface area contributed by atoms with Gasteiger partial charge in [0.25, 0.3) is 0 Å². The van der Waals surface area contributed by atoms with Gasteiger partial charge in [0.05, 0.1) is 30.9 Å². The van der Waals surface area contributed by atoms with Crippen molar-refractivity contribution >= 4 is 0 Å². The Balaban J connectivity index is 2.00. The first-order valence-electron chi connectivity index (χ1n) is 8.74. The van der Waals surface area contributed by atoms with Gasteiger partial charge in [-0.2, -0.15) is 13.2 Å². The van der Waals surface area contributed by atoms with Crippen molar-refractivity contribution in [2.45, 2.75) is 37.7 Å². The minimum absolute atomic E-state index is 0.381. The van der Waals surface area contributed by atoms with Crippen LogP contribution in [-0.4, -0.2) is 63.1 Å². The Morgan fingerprint density at radius 1 is 1.30 bits per heavy atom. The number of aliphatic hydroxyl groups is 1. The Morgan fingerprint density at radius 3 is 2.70 bits per heavy atom. The van der Waals surface area contributed by atoms with Gasteiger partial charge in [-0.3, -0.25) is 4.90 Å². The minimum Gasteiger partial charge on any atom is -0.393 e. The van der Waals surface area contributed by atoms with E-state index in [9.17, 15) is 18.3 Å². The number of tetrazole rings is 1. The molecule has 7 nitrogen and oxygen atoms in total. The zero-order valence-electron chi connectivity index (χ0n) is 14.9. The quantitative estimate of drug-likeness (QED) is 0.818. The molecule has 2 aromatic rings. The lowest BCUT2D eigenvalue weighted by molar-refractivity contribution is -0.137. The SMILES string of the molecule is COCCn1nnnc1[C@@H](c1cccc(C(F)(F)F)c1)N1CCC(O)CC1. The van der Waals surface area contributed by atoms with E-state index in [1.807, 2.05) is 4.90 Å². The molecule has 1 atom stereocenters. The third-order valence-electron chi connectivity index (χ3n) is 4.71. The second-order valence-electron chi connectivity index (χ2n) is 6.55. The molecule has 0 radical (unpaired) electrons. The van der Waals surface area contributed by atoms with Gasteiger partial charge in [0.1, 0.15) is 0 Å². The number of alkyl halides is 3. The first-order chi connectivity index (χ1) is 12.9. The molecule has 1 saturated heterocycles. The zero-order valence-corrected chi connectivity index (χ0v) is 14.9. The van der Waals surface area contributed by atoms with Crippen LogP contribution in [0.3, 0.4) is 0 Å². The number of piperidine rings is 1. The summed E-state index contributed by atoms with van der Waals surface area (Å²) in [6, 6.07) is 4.71. The van der Waals surface area contributed by atoms with E-state index in [2.05, 4.69) is 15.5 Å². The molecule has 0 saturated carbocycles. The van der Waals surface area contributed by atoms with E-state index < -0.39 is 23.9 Å². The van der Waals surface area contributed by atoms with Crippen molar-refractivity contribution in [3.8, 4) is 0 Å². The molecule has 10 heteroatoms. The van der Waals surface area contributed by atoms with Crippen LogP contribution in [0, 0.1) is 0 Å². The van der Waals surface area contributed by atoms with Crippen LogP contribution < -0.4 is 0 Å². The summed E-state index contributed by atoms with van der Waals surface area (Å²) < 4.78 is 46.2. The largest absolute Gasteiger partial charge is 0.416 e. The van der Waals surface area contributed by atoms with E-state index in [1.54, 1.807) is 17.9 Å². The summed E-state index contributed by atoms with van der Waals surface area (Å²) in [4.78, 5) is 2.01. The molecule has 0 aliphatic carbocycles. The van der Waals surface area contributed by atoms with Gasteiger partial charge in [-0.15, -0.1) is 5.10 Å². The molecule has 0 bridgehead atoms. The molecule has 1 aliphatic heterocycles. The molecule has 0 unspecified atom stereocenters. The summed E-state index contributed by atoms with van der Waals surface area (Å²) in [5, 5.41) is 21.6. The number of halogens is 3. The molecular weight excluding hydrogens is 363 g/mol. The molecule has 1 aromatic carbocycles. The van der Waals surface area contributed by atoms with Gasteiger partial charge in [-0.05, 0) is 41.0 Å². The number of hydrogen-bond donors (Lipinski definition) is 1. The molecule has 2 heterocycles. The van der Waals surface area contributed by atoms with E-state index >= 15 is 0 Å². The third-order valence-corrected chi connectivity index (χ3v) is 4.71. The average molecular weight is 385 g/mol. The van der Waals surface area contributed by atoms with E-state index in [0.29, 0.717) is 50.5 Å². The van der Waals surface area contributed by atoms with Crippen LogP contribution in [0.4, 0.5) is 13.2 Å². The van der Waals surface area contributed by atoms with Crippen LogP contribution in [0.5, 0.6) is 0 Å². The number of aliphatic hydroxyl groups excluding tert-OH is 1. The summed E-state index contributed by atoms with van der Waals surface area (Å²) in [6.45, 7) is 1.86. The molecule has 0 amide bonds. The number of methoxy groups -OCH3 is 1. The first kappa shape index (κ1) is 19.7. The molecule has 1 aromatic heterocycles. The first-order valence-corrected chi connectivity index (χ1v) is 8.74. The fraction of sp³-hybridized carbons (Fsp3) is 0.588. The van der Waals surface area contributed by atoms with Crippen molar-refractivity contribution in [2.75, 3.05) is 26.8 Å². The van der Waals surface area contributed by atoms with Crippen LogP contribution in [-0.2, 0) is 17.5 Å². The van der Waals surface area contributed by atoms with Crippen molar-refractivity contribution in [3.05, 3.63) is 41.2 Å². The Kier molecular flexibility index (Phi) is 6.08. The van der Waals surface area contributed by atoms with E-state index in [1.165, 1.54) is 6.07 Å². The summed E-state index contributed by atoms with van der Waals surface area (Å²) in [7, 11) is 1.56. The summed E-state index contributed by atoms with van der Waals surface area (Å²) in [5.74, 6) is 0.461. The van der Waals surface area contributed by atoms with Crippen LogP contribution in [0.15, 0.2) is 24.3 Å². The Hall–Kier alpha value is -2.04. The third kappa shape index (κ3) is 4.63. The fourth-order valence-electron chi connectivity index (χ4n) is 3.30. The standard InChI is InChI=1S/C17H22F3N5O2/c1-27-10-9-25-16(21-22-23-25)15(24-7-5-14(26)6-8-24)12-3-2-4-13(11-12)17(18,19)20/h2-4,11,14-15,26H,5-10H2,1H3/t15-/m1/s1. The molecule has 3 rings (SSSR count). The minimum atomic E-state index is -4.43. The zero-order chi connectivity index (χ0) is 19.4. The molecule has 1 N–H and O–H groups in total. The highest BCUT2D eigenvalue weighted by Gasteiger charge is 2.34. The van der Waals surface area contributed by atoms with Crippen molar-refractivity contribution in [1.82, 2.24) is 25.1 Å². The van der Waals surface area contributed by atoms with Gasteiger partial charge >= 0.3 is 6.18 Å². The number of rotatable bonds is 6. The Labute approximate surface area is 154 Å². The van der Waals surface area contributed by atoms with Crippen LogP contribution >= 0.6 is 0 Å². The summed E-state index contributed by atoms with van der Waals surface area (Å²) >= 11 is 0. The van der Waals surface area contributed by atoms with Crippen LogP contribution in [0.25, 0.3) is 0 Å². The van der Waals surface area contributed by atoms with Crippen molar-refractivity contribution in [2.24, 2.45) is 0 Å². The topological polar surface area (TPSA) is 76.3 Å². The monoisotopic (exact) mass is 385 g/mol. The van der Waals surface area contributed by atoms with Crippen LogP contribution in [0.1, 0.15) is 35.8 Å². The highest BCUT2D eigenvalue weighted by atomic mass is 19.4. The number of likely N-dealkylation sites (tertiary alicyclic amines) is 1. The second kappa shape index (κ2) is 8.32. The molecular formula is C17H22F3N5O2. The highest BCUT2D eigenvalue weighted by Crippen LogP contribution is 2.34. The normalized spacial score (nSPS) is 18.0. The fourth-order valence-corrected chi connectivity index (χ4v) is 3.30.